The lowest BCUT2D eigenvalue weighted by molar-refractivity contribution is 0.177. The third kappa shape index (κ3) is 8.22. The van der Waals surface area contributed by atoms with Gasteiger partial charge in [0.2, 0.25) is 0 Å². The maximum atomic E-state index is 5.77. The Balaban J connectivity index is 3.29. The summed E-state index contributed by atoms with van der Waals surface area (Å²) < 4.78 is 4.95. The Morgan fingerprint density at radius 1 is 1.46 bits per heavy atom. The number of nitrogens with two attached hydrogens (primary N) is 1. The first-order valence-corrected chi connectivity index (χ1v) is 5.18. The maximum absolute atomic E-state index is 5.77. The summed E-state index contributed by atoms with van der Waals surface area (Å²) in [6, 6.07) is 0.692. The molecule has 0 aliphatic heterocycles. The van der Waals surface area contributed by atoms with Crippen LogP contribution in [0.3, 0.4) is 0 Å². The van der Waals surface area contributed by atoms with E-state index < -0.39 is 0 Å². The summed E-state index contributed by atoms with van der Waals surface area (Å²) in [6.45, 7) is 5.89. The summed E-state index contributed by atoms with van der Waals surface area (Å²) in [5, 5.41) is 3.40. The summed E-state index contributed by atoms with van der Waals surface area (Å²) in [5.74, 6) is 0. The molecule has 0 fully saturated rings. The standard InChI is InChI=1S/C10H24N2O/c1-4-5-6-9(2)12-7-10(11)8-13-3/h9-10,12H,4-8,11H2,1-3H3. The average Bonchev–Trinajstić information content (AvgIpc) is 2.12. The van der Waals surface area contributed by atoms with E-state index in [4.69, 9.17) is 10.5 Å². The quantitative estimate of drug-likeness (QED) is 0.600. The van der Waals surface area contributed by atoms with Gasteiger partial charge < -0.3 is 15.8 Å². The van der Waals surface area contributed by atoms with Gasteiger partial charge in [-0.3, -0.25) is 0 Å². The minimum Gasteiger partial charge on any atom is -0.383 e. The molecule has 0 aromatic heterocycles. The molecule has 0 rings (SSSR count). The van der Waals surface area contributed by atoms with E-state index >= 15 is 0 Å². The molecule has 0 radical (unpaired) electrons. The van der Waals surface area contributed by atoms with Crippen LogP contribution in [0.1, 0.15) is 33.1 Å². The summed E-state index contributed by atoms with van der Waals surface area (Å²) in [6.07, 6.45) is 3.78. The summed E-state index contributed by atoms with van der Waals surface area (Å²) in [4.78, 5) is 0. The van der Waals surface area contributed by atoms with Crippen LogP contribution in [0.5, 0.6) is 0 Å². The van der Waals surface area contributed by atoms with Gasteiger partial charge in [-0.25, -0.2) is 0 Å². The first-order chi connectivity index (χ1) is 6.20. The van der Waals surface area contributed by atoms with Gasteiger partial charge in [-0.1, -0.05) is 19.8 Å². The second kappa shape index (κ2) is 8.48. The number of hydrogen-bond acceptors (Lipinski definition) is 3. The zero-order valence-electron chi connectivity index (χ0n) is 9.18. The Morgan fingerprint density at radius 2 is 2.15 bits per heavy atom. The predicted molar refractivity (Wildman–Crippen MR) is 56.8 cm³/mol. The van der Waals surface area contributed by atoms with Crippen LogP contribution in [-0.2, 0) is 4.74 Å². The van der Waals surface area contributed by atoms with Crippen LogP contribution in [0.4, 0.5) is 0 Å². The summed E-state index contributed by atoms with van der Waals surface area (Å²) >= 11 is 0. The van der Waals surface area contributed by atoms with Crippen molar-refractivity contribution < 1.29 is 4.74 Å². The van der Waals surface area contributed by atoms with Gasteiger partial charge in [0.25, 0.3) is 0 Å². The zero-order valence-corrected chi connectivity index (χ0v) is 9.18. The molecule has 0 aliphatic rings. The predicted octanol–water partition coefficient (Wildman–Crippen LogP) is 1.13. The van der Waals surface area contributed by atoms with E-state index in [0.29, 0.717) is 12.6 Å². The molecule has 0 heterocycles. The van der Waals surface area contributed by atoms with Crippen molar-refractivity contribution in [3.63, 3.8) is 0 Å². The Bertz CT molecular complexity index is 109. The largest absolute Gasteiger partial charge is 0.383 e. The molecule has 0 amide bonds. The van der Waals surface area contributed by atoms with E-state index in [9.17, 15) is 0 Å². The Hall–Kier alpha value is -0.120. The van der Waals surface area contributed by atoms with E-state index in [2.05, 4.69) is 19.2 Å². The number of ether oxygens (including phenoxy) is 1. The lowest BCUT2D eigenvalue weighted by Crippen LogP contribution is -2.40. The Labute approximate surface area is 82.0 Å². The van der Waals surface area contributed by atoms with E-state index in [1.54, 1.807) is 7.11 Å². The van der Waals surface area contributed by atoms with Crippen molar-refractivity contribution >= 4 is 0 Å². The highest BCUT2D eigenvalue weighted by atomic mass is 16.5. The van der Waals surface area contributed by atoms with Crippen LogP contribution in [-0.4, -0.2) is 32.3 Å². The lowest BCUT2D eigenvalue weighted by atomic mass is 10.1. The fraction of sp³-hybridized carbons (Fsp3) is 1.00. The molecule has 2 unspecified atom stereocenters. The number of hydrogen-bond donors (Lipinski definition) is 2. The monoisotopic (exact) mass is 188 g/mol. The van der Waals surface area contributed by atoms with E-state index in [0.717, 1.165) is 6.54 Å². The van der Waals surface area contributed by atoms with Crippen LogP contribution in [0.2, 0.25) is 0 Å². The van der Waals surface area contributed by atoms with E-state index in [1.807, 2.05) is 0 Å². The van der Waals surface area contributed by atoms with Crippen molar-refractivity contribution in [3.05, 3.63) is 0 Å². The number of nitrogens with one attached hydrogen (secondary N) is 1. The van der Waals surface area contributed by atoms with Crippen LogP contribution in [0.15, 0.2) is 0 Å². The molecule has 0 spiro atoms. The van der Waals surface area contributed by atoms with Crippen LogP contribution < -0.4 is 11.1 Å². The molecule has 3 N–H and O–H groups in total. The maximum Gasteiger partial charge on any atom is 0.0626 e. The Kier molecular flexibility index (Phi) is 8.40. The van der Waals surface area contributed by atoms with Crippen molar-refractivity contribution in [3.8, 4) is 0 Å². The third-order valence-electron chi connectivity index (χ3n) is 2.10. The molecule has 0 saturated carbocycles. The van der Waals surface area contributed by atoms with Gasteiger partial charge in [-0.05, 0) is 13.3 Å². The lowest BCUT2D eigenvalue weighted by Gasteiger charge is -2.16. The summed E-state index contributed by atoms with van der Waals surface area (Å²) in [7, 11) is 1.68. The molecule has 3 nitrogen and oxygen atoms in total. The van der Waals surface area contributed by atoms with Crippen molar-refractivity contribution in [2.24, 2.45) is 5.73 Å². The number of methoxy groups -OCH3 is 1. The van der Waals surface area contributed by atoms with Gasteiger partial charge in [-0.2, -0.15) is 0 Å². The normalized spacial score (nSPS) is 15.7. The topological polar surface area (TPSA) is 47.3 Å². The first-order valence-electron chi connectivity index (χ1n) is 5.18. The minimum absolute atomic E-state index is 0.120. The van der Waals surface area contributed by atoms with Gasteiger partial charge in [0.15, 0.2) is 0 Å². The SMILES string of the molecule is CCCCC(C)NCC(N)COC. The van der Waals surface area contributed by atoms with Crippen LogP contribution in [0, 0.1) is 0 Å². The van der Waals surface area contributed by atoms with Gasteiger partial charge in [0.05, 0.1) is 6.61 Å². The van der Waals surface area contributed by atoms with Crippen LogP contribution >= 0.6 is 0 Å². The molecule has 0 saturated heterocycles. The molecule has 0 bridgehead atoms. The number of rotatable bonds is 8. The van der Waals surface area contributed by atoms with Crippen molar-refractivity contribution in [1.82, 2.24) is 5.32 Å². The van der Waals surface area contributed by atoms with E-state index in [-0.39, 0.29) is 6.04 Å². The van der Waals surface area contributed by atoms with Crippen molar-refractivity contribution in [2.75, 3.05) is 20.3 Å². The molecule has 0 aromatic carbocycles. The Morgan fingerprint density at radius 3 is 2.69 bits per heavy atom. The molecule has 0 aromatic rings. The molecular weight excluding hydrogens is 164 g/mol. The van der Waals surface area contributed by atoms with Crippen LogP contribution in [0.25, 0.3) is 0 Å². The highest BCUT2D eigenvalue weighted by Crippen LogP contribution is 1.98. The second-order valence-corrected chi connectivity index (χ2v) is 3.67. The van der Waals surface area contributed by atoms with Crippen molar-refractivity contribution in [1.29, 1.82) is 0 Å². The highest BCUT2D eigenvalue weighted by molar-refractivity contribution is 4.67. The zero-order chi connectivity index (χ0) is 10.1. The molecule has 0 aliphatic carbocycles. The highest BCUT2D eigenvalue weighted by Gasteiger charge is 2.04. The molecule has 3 heteroatoms. The van der Waals surface area contributed by atoms with E-state index in [1.165, 1.54) is 19.3 Å². The third-order valence-corrected chi connectivity index (χ3v) is 2.10. The fourth-order valence-electron chi connectivity index (χ4n) is 1.24. The number of unbranched alkanes of at least 4 members (excludes halogenated alkanes) is 1. The van der Waals surface area contributed by atoms with Gasteiger partial charge in [0, 0.05) is 25.7 Å². The average molecular weight is 188 g/mol. The molecular formula is C10H24N2O. The van der Waals surface area contributed by atoms with Crippen molar-refractivity contribution in [2.45, 2.75) is 45.2 Å². The minimum atomic E-state index is 0.120. The molecule has 2 atom stereocenters. The fourth-order valence-corrected chi connectivity index (χ4v) is 1.24. The van der Waals surface area contributed by atoms with Gasteiger partial charge >= 0.3 is 0 Å². The second-order valence-electron chi connectivity index (χ2n) is 3.67. The molecule has 80 valence electrons. The first kappa shape index (κ1) is 12.9. The van der Waals surface area contributed by atoms with Gasteiger partial charge in [-0.15, -0.1) is 0 Å². The summed E-state index contributed by atoms with van der Waals surface area (Å²) in [5.41, 5.74) is 5.77. The molecule has 13 heavy (non-hydrogen) atoms. The van der Waals surface area contributed by atoms with Gasteiger partial charge in [0.1, 0.15) is 0 Å². The smallest absolute Gasteiger partial charge is 0.0626 e.